The standard InChI is InChI=1S/C18H20FN3O/c1-10(2)18(23)22-16-9-20-15(8-21-16)14-7-12-5-4-6-13(12)17(19)11(14)3/h7-10H,4-6H2,1-3H3,(H,21,22,23). The highest BCUT2D eigenvalue weighted by molar-refractivity contribution is 5.91. The van der Waals surface area contributed by atoms with Gasteiger partial charge in [0.2, 0.25) is 5.91 Å². The number of aromatic nitrogens is 2. The van der Waals surface area contributed by atoms with Gasteiger partial charge in [-0.15, -0.1) is 0 Å². The topological polar surface area (TPSA) is 54.9 Å². The van der Waals surface area contributed by atoms with Crippen molar-refractivity contribution >= 4 is 11.7 Å². The monoisotopic (exact) mass is 313 g/mol. The van der Waals surface area contributed by atoms with E-state index in [0.29, 0.717) is 17.1 Å². The van der Waals surface area contributed by atoms with Gasteiger partial charge in [0.25, 0.3) is 0 Å². The molecule has 1 N–H and O–H groups in total. The quantitative estimate of drug-likeness (QED) is 0.940. The van der Waals surface area contributed by atoms with Crippen LogP contribution in [0.4, 0.5) is 10.2 Å². The van der Waals surface area contributed by atoms with E-state index in [1.165, 1.54) is 6.20 Å². The normalized spacial score (nSPS) is 13.3. The average Bonchev–Trinajstić information content (AvgIpc) is 3.00. The van der Waals surface area contributed by atoms with Crippen molar-refractivity contribution in [3.05, 3.63) is 41.0 Å². The first-order chi connectivity index (χ1) is 11.0. The highest BCUT2D eigenvalue weighted by Gasteiger charge is 2.20. The summed E-state index contributed by atoms with van der Waals surface area (Å²) in [5.41, 5.74) is 3.93. The number of halogens is 1. The Hall–Kier alpha value is -2.30. The second-order valence-electron chi connectivity index (χ2n) is 6.29. The molecule has 0 spiro atoms. The maximum absolute atomic E-state index is 14.5. The zero-order valence-corrected chi connectivity index (χ0v) is 13.6. The third-order valence-corrected chi connectivity index (χ3v) is 4.28. The summed E-state index contributed by atoms with van der Waals surface area (Å²) in [5.74, 6) is 0.0667. The number of fused-ring (bicyclic) bond motifs is 1. The third kappa shape index (κ3) is 2.96. The van der Waals surface area contributed by atoms with Crippen LogP contribution in [0, 0.1) is 18.7 Å². The molecule has 1 aromatic heterocycles. The number of rotatable bonds is 3. The minimum Gasteiger partial charge on any atom is -0.309 e. The number of carbonyl (C=O) groups excluding carboxylic acids is 1. The first-order valence-corrected chi connectivity index (χ1v) is 7.91. The number of hydrogen-bond donors (Lipinski definition) is 1. The van der Waals surface area contributed by atoms with Gasteiger partial charge < -0.3 is 5.32 Å². The molecule has 1 heterocycles. The molecule has 0 saturated carbocycles. The van der Waals surface area contributed by atoms with Crippen LogP contribution in [0.15, 0.2) is 18.5 Å². The molecular weight excluding hydrogens is 293 g/mol. The molecule has 0 bridgehead atoms. The van der Waals surface area contributed by atoms with Crippen LogP contribution in [0.5, 0.6) is 0 Å². The Bertz CT molecular complexity index is 754. The highest BCUT2D eigenvalue weighted by Crippen LogP contribution is 2.33. The predicted molar refractivity (Wildman–Crippen MR) is 87.7 cm³/mol. The minimum absolute atomic E-state index is 0.105. The van der Waals surface area contributed by atoms with Gasteiger partial charge in [0.1, 0.15) is 5.82 Å². The number of amides is 1. The van der Waals surface area contributed by atoms with Crippen molar-refractivity contribution in [2.45, 2.75) is 40.0 Å². The largest absolute Gasteiger partial charge is 0.309 e. The summed E-state index contributed by atoms with van der Waals surface area (Å²) in [6, 6.07) is 2.02. The molecule has 0 aliphatic heterocycles. The van der Waals surface area contributed by atoms with Crippen LogP contribution in [-0.4, -0.2) is 15.9 Å². The molecule has 0 saturated heterocycles. The summed E-state index contributed by atoms with van der Waals surface area (Å²) in [5, 5.41) is 2.70. The molecule has 0 unspecified atom stereocenters. The molecule has 1 aliphatic carbocycles. The minimum atomic E-state index is -0.121. The van der Waals surface area contributed by atoms with Gasteiger partial charge >= 0.3 is 0 Å². The summed E-state index contributed by atoms with van der Waals surface area (Å²) in [4.78, 5) is 20.2. The first kappa shape index (κ1) is 15.6. The Balaban J connectivity index is 1.91. The van der Waals surface area contributed by atoms with Crippen molar-refractivity contribution in [1.82, 2.24) is 9.97 Å². The van der Waals surface area contributed by atoms with Gasteiger partial charge in [-0.05, 0) is 48.9 Å². The lowest BCUT2D eigenvalue weighted by Crippen LogP contribution is -2.18. The van der Waals surface area contributed by atoms with E-state index in [9.17, 15) is 9.18 Å². The number of carbonyl (C=O) groups is 1. The molecule has 1 aromatic carbocycles. The van der Waals surface area contributed by atoms with Crippen molar-refractivity contribution in [1.29, 1.82) is 0 Å². The lowest BCUT2D eigenvalue weighted by molar-refractivity contribution is -0.118. The van der Waals surface area contributed by atoms with Crippen molar-refractivity contribution in [3.63, 3.8) is 0 Å². The maximum atomic E-state index is 14.5. The predicted octanol–water partition coefficient (Wildman–Crippen LogP) is 3.67. The molecule has 3 rings (SSSR count). The first-order valence-electron chi connectivity index (χ1n) is 7.91. The fourth-order valence-corrected chi connectivity index (χ4v) is 2.87. The van der Waals surface area contributed by atoms with E-state index in [0.717, 1.165) is 36.0 Å². The Morgan fingerprint density at radius 1 is 1.26 bits per heavy atom. The molecule has 2 aromatic rings. The van der Waals surface area contributed by atoms with Gasteiger partial charge in [-0.2, -0.15) is 0 Å². The average molecular weight is 313 g/mol. The lowest BCUT2D eigenvalue weighted by Gasteiger charge is -2.12. The van der Waals surface area contributed by atoms with Crippen molar-refractivity contribution in [2.75, 3.05) is 5.32 Å². The third-order valence-electron chi connectivity index (χ3n) is 4.28. The highest BCUT2D eigenvalue weighted by atomic mass is 19.1. The molecular formula is C18H20FN3O. The van der Waals surface area contributed by atoms with Crippen LogP contribution in [-0.2, 0) is 17.6 Å². The van der Waals surface area contributed by atoms with E-state index in [2.05, 4.69) is 15.3 Å². The van der Waals surface area contributed by atoms with Crippen LogP contribution in [0.25, 0.3) is 11.3 Å². The number of anilines is 1. The van der Waals surface area contributed by atoms with Crippen molar-refractivity contribution in [2.24, 2.45) is 5.92 Å². The van der Waals surface area contributed by atoms with Crippen LogP contribution in [0.2, 0.25) is 0 Å². The van der Waals surface area contributed by atoms with Crippen LogP contribution < -0.4 is 5.32 Å². The van der Waals surface area contributed by atoms with Gasteiger partial charge in [0, 0.05) is 11.5 Å². The lowest BCUT2D eigenvalue weighted by atomic mass is 9.98. The van der Waals surface area contributed by atoms with E-state index in [4.69, 9.17) is 0 Å². The van der Waals surface area contributed by atoms with Gasteiger partial charge in [-0.3, -0.25) is 9.78 Å². The molecule has 1 aliphatic rings. The molecule has 1 amide bonds. The fraction of sp³-hybridized carbons (Fsp3) is 0.389. The summed E-state index contributed by atoms with van der Waals surface area (Å²) in [7, 11) is 0. The Labute approximate surface area is 135 Å². The summed E-state index contributed by atoms with van der Waals surface area (Å²) in [6.07, 6.45) is 5.82. The molecule has 4 nitrogen and oxygen atoms in total. The van der Waals surface area contributed by atoms with Crippen LogP contribution >= 0.6 is 0 Å². The van der Waals surface area contributed by atoms with Crippen LogP contribution in [0.3, 0.4) is 0 Å². The molecule has 0 radical (unpaired) electrons. The molecule has 120 valence electrons. The fourth-order valence-electron chi connectivity index (χ4n) is 2.87. The number of nitrogens with zero attached hydrogens (tertiary/aromatic N) is 2. The number of hydrogen-bond acceptors (Lipinski definition) is 3. The second-order valence-corrected chi connectivity index (χ2v) is 6.29. The van der Waals surface area contributed by atoms with Crippen molar-refractivity contribution in [3.8, 4) is 11.3 Å². The Morgan fingerprint density at radius 3 is 2.70 bits per heavy atom. The molecule has 23 heavy (non-hydrogen) atoms. The number of nitrogens with one attached hydrogen (secondary N) is 1. The van der Waals surface area contributed by atoms with Crippen molar-refractivity contribution < 1.29 is 9.18 Å². The van der Waals surface area contributed by atoms with Gasteiger partial charge in [-0.1, -0.05) is 13.8 Å². The number of benzene rings is 1. The van der Waals surface area contributed by atoms with E-state index < -0.39 is 0 Å². The number of aryl methyl sites for hydroxylation is 1. The Kier molecular flexibility index (Phi) is 4.11. The van der Waals surface area contributed by atoms with E-state index in [1.54, 1.807) is 13.1 Å². The summed E-state index contributed by atoms with van der Waals surface area (Å²) < 4.78 is 14.5. The van der Waals surface area contributed by atoms with E-state index >= 15 is 0 Å². The summed E-state index contributed by atoms with van der Waals surface area (Å²) in [6.45, 7) is 5.40. The smallest absolute Gasteiger partial charge is 0.228 e. The molecule has 5 heteroatoms. The van der Waals surface area contributed by atoms with Gasteiger partial charge in [0.05, 0.1) is 18.1 Å². The zero-order chi connectivity index (χ0) is 16.6. The van der Waals surface area contributed by atoms with Crippen LogP contribution in [0.1, 0.15) is 37.0 Å². The Morgan fingerprint density at radius 2 is 2.04 bits per heavy atom. The summed E-state index contributed by atoms with van der Waals surface area (Å²) >= 11 is 0. The SMILES string of the molecule is Cc1c(-c2cnc(NC(=O)C(C)C)cn2)cc2c(c1F)CCC2. The van der Waals surface area contributed by atoms with E-state index in [1.807, 2.05) is 19.9 Å². The zero-order valence-electron chi connectivity index (χ0n) is 13.6. The van der Waals surface area contributed by atoms with E-state index in [-0.39, 0.29) is 17.6 Å². The molecule has 0 atom stereocenters. The van der Waals surface area contributed by atoms with Gasteiger partial charge in [-0.25, -0.2) is 9.37 Å². The second kappa shape index (κ2) is 6.07. The van der Waals surface area contributed by atoms with Gasteiger partial charge in [0.15, 0.2) is 5.82 Å². The molecule has 0 fully saturated rings. The maximum Gasteiger partial charge on any atom is 0.228 e.